The molecule has 0 aliphatic heterocycles. The maximum Gasteiger partial charge on any atom is 0.247 e. The van der Waals surface area contributed by atoms with E-state index in [0.29, 0.717) is 23.9 Å². The number of carbonyl (C=O) groups is 1. The van der Waals surface area contributed by atoms with Crippen molar-refractivity contribution in [2.75, 3.05) is 5.32 Å². The number of hydrogen-bond acceptors (Lipinski definition) is 4. The lowest BCUT2D eigenvalue weighted by molar-refractivity contribution is -0.124. The standard InChI is InChI=1S/C21H20FN3O2/c1-2-18-24-25-19(27-18)14-7-9-17(10-8-14)23-20(26)21(11-4-12-21)15-5-3-6-16(22)13-15/h3,5-10,13H,2,4,11-12H2,1H3,(H,23,26). The van der Waals surface area contributed by atoms with Crippen LogP contribution in [0.5, 0.6) is 0 Å². The van der Waals surface area contributed by atoms with E-state index >= 15 is 0 Å². The van der Waals surface area contributed by atoms with E-state index in [1.807, 2.05) is 25.1 Å². The topological polar surface area (TPSA) is 68.0 Å². The summed E-state index contributed by atoms with van der Waals surface area (Å²) in [4.78, 5) is 13.0. The quantitative estimate of drug-likeness (QED) is 0.723. The largest absolute Gasteiger partial charge is 0.421 e. The second kappa shape index (κ2) is 6.95. The summed E-state index contributed by atoms with van der Waals surface area (Å²) in [6, 6.07) is 13.6. The fourth-order valence-corrected chi connectivity index (χ4v) is 3.42. The van der Waals surface area contributed by atoms with E-state index < -0.39 is 5.41 Å². The number of benzene rings is 2. The van der Waals surface area contributed by atoms with Gasteiger partial charge in [-0.2, -0.15) is 0 Å². The molecule has 0 unspecified atom stereocenters. The number of nitrogens with one attached hydrogen (secondary N) is 1. The highest BCUT2D eigenvalue weighted by atomic mass is 19.1. The molecule has 1 amide bonds. The highest BCUT2D eigenvalue weighted by Crippen LogP contribution is 2.44. The molecule has 1 heterocycles. The molecule has 0 radical (unpaired) electrons. The normalized spacial score (nSPS) is 15.2. The van der Waals surface area contributed by atoms with E-state index in [1.54, 1.807) is 18.2 Å². The van der Waals surface area contributed by atoms with Crippen molar-refractivity contribution in [1.82, 2.24) is 10.2 Å². The second-order valence-electron chi connectivity index (χ2n) is 6.83. The zero-order chi connectivity index (χ0) is 18.9. The summed E-state index contributed by atoms with van der Waals surface area (Å²) < 4.78 is 19.2. The predicted octanol–water partition coefficient (Wildman–Crippen LogP) is 4.50. The van der Waals surface area contributed by atoms with E-state index in [4.69, 9.17) is 4.42 Å². The summed E-state index contributed by atoms with van der Waals surface area (Å²) in [6.45, 7) is 1.95. The van der Waals surface area contributed by atoms with Gasteiger partial charge in [0.25, 0.3) is 0 Å². The van der Waals surface area contributed by atoms with Crippen LogP contribution in [0.1, 0.15) is 37.6 Å². The predicted molar refractivity (Wildman–Crippen MR) is 99.7 cm³/mol. The molecule has 1 aliphatic rings. The van der Waals surface area contributed by atoms with E-state index in [1.165, 1.54) is 12.1 Å². The van der Waals surface area contributed by atoms with Crippen molar-refractivity contribution < 1.29 is 13.6 Å². The number of hydrogen-bond donors (Lipinski definition) is 1. The number of aromatic nitrogens is 2. The average molecular weight is 365 g/mol. The molecule has 0 bridgehead atoms. The molecule has 0 atom stereocenters. The SMILES string of the molecule is CCc1nnc(-c2ccc(NC(=O)C3(c4cccc(F)c4)CCC3)cc2)o1. The molecule has 6 heteroatoms. The summed E-state index contributed by atoms with van der Waals surface area (Å²) in [7, 11) is 0. The van der Waals surface area contributed by atoms with Gasteiger partial charge >= 0.3 is 0 Å². The van der Waals surface area contributed by atoms with Crippen LogP contribution in [0.2, 0.25) is 0 Å². The summed E-state index contributed by atoms with van der Waals surface area (Å²) >= 11 is 0. The number of carbonyl (C=O) groups excluding carboxylic acids is 1. The Hall–Kier alpha value is -3.02. The van der Waals surface area contributed by atoms with Crippen molar-refractivity contribution in [1.29, 1.82) is 0 Å². The van der Waals surface area contributed by atoms with Crippen molar-refractivity contribution in [3.63, 3.8) is 0 Å². The Kier molecular flexibility index (Phi) is 4.48. The monoisotopic (exact) mass is 365 g/mol. The minimum absolute atomic E-state index is 0.0989. The summed E-state index contributed by atoms with van der Waals surface area (Å²) in [6.07, 6.45) is 3.09. The molecule has 1 fully saturated rings. The molecule has 4 rings (SSSR count). The van der Waals surface area contributed by atoms with Gasteiger partial charge in [-0.25, -0.2) is 4.39 Å². The van der Waals surface area contributed by atoms with Crippen LogP contribution in [0, 0.1) is 5.82 Å². The summed E-state index contributed by atoms with van der Waals surface area (Å²) in [5, 5.41) is 10.9. The Morgan fingerprint density at radius 2 is 1.96 bits per heavy atom. The van der Waals surface area contributed by atoms with Gasteiger partial charge < -0.3 is 9.73 Å². The van der Waals surface area contributed by atoms with Gasteiger partial charge in [-0.15, -0.1) is 10.2 Å². The van der Waals surface area contributed by atoms with Gasteiger partial charge in [-0.1, -0.05) is 25.5 Å². The first-order chi connectivity index (χ1) is 13.1. The van der Waals surface area contributed by atoms with Crippen LogP contribution in [-0.2, 0) is 16.6 Å². The van der Waals surface area contributed by atoms with Crippen LogP contribution in [-0.4, -0.2) is 16.1 Å². The van der Waals surface area contributed by atoms with Gasteiger partial charge in [-0.05, 0) is 54.8 Å². The molecule has 1 aliphatic carbocycles. The number of aryl methyl sites for hydroxylation is 1. The third kappa shape index (κ3) is 3.23. The van der Waals surface area contributed by atoms with Crippen LogP contribution < -0.4 is 5.32 Å². The molecule has 1 N–H and O–H groups in total. The van der Waals surface area contributed by atoms with Crippen LogP contribution in [0.4, 0.5) is 10.1 Å². The van der Waals surface area contributed by atoms with Gasteiger partial charge in [0.15, 0.2) is 0 Å². The maximum absolute atomic E-state index is 13.6. The fraction of sp³-hybridized carbons (Fsp3) is 0.286. The Morgan fingerprint density at radius 3 is 2.56 bits per heavy atom. The molecule has 138 valence electrons. The Bertz CT molecular complexity index is 962. The fourth-order valence-electron chi connectivity index (χ4n) is 3.42. The van der Waals surface area contributed by atoms with Crippen LogP contribution in [0.25, 0.3) is 11.5 Å². The van der Waals surface area contributed by atoms with Gasteiger partial charge in [-0.3, -0.25) is 4.79 Å². The molecule has 3 aromatic rings. The second-order valence-corrected chi connectivity index (χ2v) is 6.83. The molecule has 5 nitrogen and oxygen atoms in total. The average Bonchev–Trinajstić information content (AvgIpc) is 3.11. The van der Waals surface area contributed by atoms with E-state index in [0.717, 1.165) is 30.4 Å². The molecule has 0 saturated heterocycles. The van der Waals surface area contributed by atoms with Crippen molar-refractivity contribution in [2.45, 2.75) is 38.0 Å². The Labute approximate surface area is 156 Å². The smallest absolute Gasteiger partial charge is 0.247 e. The summed E-state index contributed by atoms with van der Waals surface area (Å²) in [5.74, 6) is 0.629. The molecular weight excluding hydrogens is 345 g/mol. The highest BCUT2D eigenvalue weighted by molar-refractivity contribution is 6.00. The maximum atomic E-state index is 13.6. The minimum atomic E-state index is -0.650. The van der Waals surface area contributed by atoms with E-state index in [9.17, 15) is 9.18 Å². The molecule has 2 aromatic carbocycles. The van der Waals surface area contributed by atoms with Gasteiger partial charge in [0, 0.05) is 17.7 Å². The first kappa shape index (κ1) is 17.4. The van der Waals surface area contributed by atoms with Crippen molar-refractivity contribution in [2.24, 2.45) is 0 Å². The molecule has 27 heavy (non-hydrogen) atoms. The zero-order valence-corrected chi connectivity index (χ0v) is 15.0. The molecule has 1 aromatic heterocycles. The first-order valence-electron chi connectivity index (χ1n) is 9.11. The van der Waals surface area contributed by atoms with Crippen molar-refractivity contribution in [3.8, 4) is 11.5 Å². The number of nitrogens with zero attached hydrogens (tertiary/aromatic N) is 2. The van der Waals surface area contributed by atoms with Gasteiger partial charge in [0.05, 0.1) is 5.41 Å². The van der Waals surface area contributed by atoms with E-state index in [-0.39, 0.29) is 11.7 Å². The lowest BCUT2D eigenvalue weighted by Crippen LogP contribution is -2.46. The third-order valence-corrected chi connectivity index (χ3v) is 5.18. The molecule has 0 spiro atoms. The number of halogens is 1. The lowest BCUT2D eigenvalue weighted by atomic mass is 9.63. The number of anilines is 1. The molecular formula is C21H20FN3O2. The minimum Gasteiger partial charge on any atom is -0.421 e. The van der Waals surface area contributed by atoms with Crippen LogP contribution in [0.15, 0.2) is 52.9 Å². The lowest BCUT2D eigenvalue weighted by Gasteiger charge is -2.40. The summed E-state index contributed by atoms with van der Waals surface area (Å²) in [5.41, 5.74) is 1.56. The number of amides is 1. The number of rotatable bonds is 5. The van der Waals surface area contributed by atoms with Crippen LogP contribution >= 0.6 is 0 Å². The van der Waals surface area contributed by atoms with Gasteiger partial charge in [0.2, 0.25) is 17.7 Å². The van der Waals surface area contributed by atoms with Gasteiger partial charge in [0.1, 0.15) is 5.82 Å². The zero-order valence-electron chi connectivity index (χ0n) is 15.0. The first-order valence-corrected chi connectivity index (χ1v) is 9.11. The highest BCUT2D eigenvalue weighted by Gasteiger charge is 2.45. The Morgan fingerprint density at radius 1 is 1.19 bits per heavy atom. The molecule has 1 saturated carbocycles. The Balaban J connectivity index is 1.52. The third-order valence-electron chi connectivity index (χ3n) is 5.18. The van der Waals surface area contributed by atoms with Crippen molar-refractivity contribution >= 4 is 11.6 Å². The van der Waals surface area contributed by atoms with Crippen LogP contribution in [0.3, 0.4) is 0 Å². The van der Waals surface area contributed by atoms with Crippen molar-refractivity contribution in [3.05, 3.63) is 65.8 Å². The van der Waals surface area contributed by atoms with E-state index in [2.05, 4.69) is 15.5 Å².